The highest BCUT2D eigenvalue weighted by atomic mass is 19.1. The molecule has 0 spiro atoms. The number of hydrogen-bond acceptors (Lipinski definition) is 3. The number of rotatable bonds is 8. The first kappa shape index (κ1) is 18.8. The van der Waals surface area contributed by atoms with Crippen molar-refractivity contribution in [3.8, 4) is 5.75 Å². The maximum Gasteiger partial charge on any atom is 0.191 e. The highest BCUT2D eigenvalue weighted by Gasteiger charge is 2.08. The van der Waals surface area contributed by atoms with E-state index in [2.05, 4.69) is 27.6 Å². The van der Waals surface area contributed by atoms with Gasteiger partial charge in [-0.1, -0.05) is 13.0 Å². The van der Waals surface area contributed by atoms with E-state index in [-0.39, 0.29) is 11.9 Å². The molecule has 1 aromatic heterocycles. The monoisotopic (exact) mass is 347 g/mol. The molecule has 0 aliphatic rings. The van der Waals surface area contributed by atoms with E-state index < -0.39 is 0 Å². The minimum Gasteiger partial charge on any atom is -0.489 e. The highest BCUT2D eigenvalue weighted by Crippen LogP contribution is 2.13. The molecule has 0 saturated carbocycles. The normalized spacial score (nSPS) is 14.0. The summed E-state index contributed by atoms with van der Waals surface area (Å²) in [5.41, 5.74) is 0. The molecule has 2 atom stereocenters. The zero-order chi connectivity index (χ0) is 18.1. The van der Waals surface area contributed by atoms with E-state index in [0.29, 0.717) is 24.2 Å². The second-order valence-electron chi connectivity index (χ2n) is 6.05. The fourth-order valence-electron chi connectivity index (χ4n) is 2.34. The third kappa shape index (κ3) is 6.82. The van der Waals surface area contributed by atoms with Gasteiger partial charge in [0.25, 0.3) is 0 Å². The predicted octanol–water partition coefficient (Wildman–Crippen LogP) is 2.29. The Morgan fingerprint density at radius 1 is 1.28 bits per heavy atom. The van der Waals surface area contributed by atoms with Gasteiger partial charge in [-0.2, -0.15) is 5.10 Å². The SMILES string of the molecule is CN=C(NCC(C)Cn1cccn1)NCC(C)Oc1cccc(F)c1. The van der Waals surface area contributed by atoms with Crippen molar-refractivity contribution in [2.45, 2.75) is 26.5 Å². The van der Waals surface area contributed by atoms with Crippen molar-refractivity contribution in [1.29, 1.82) is 0 Å². The van der Waals surface area contributed by atoms with Crippen molar-refractivity contribution in [2.24, 2.45) is 10.9 Å². The minimum absolute atomic E-state index is 0.123. The fraction of sp³-hybridized carbons (Fsp3) is 0.444. The van der Waals surface area contributed by atoms with Crippen LogP contribution in [0.3, 0.4) is 0 Å². The average Bonchev–Trinajstić information content (AvgIpc) is 3.08. The van der Waals surface area contributed by atoms with Crippen LogP contribution in [0, 0.1) is 11.7 Å². The molecule has 6 nitrogen and oxygen atoms in total. The Morgan fingerprint density at radius 3 is 2.76 bits per heavy atom. The van der Waals surface area contributed by atoms with Crippen LogP contribution in [-0.2, 0) is 6.54 Å². The minimum atomic E-state index is -0.304. The van der Waals surface area contributed by atoms with Crippen LogP contribution in [0.5, 0.6) is 5.75 Å². The lowest BCUT2D eigenvalue weighted by Gasteiger charge is -2.19. The molecule has 0 aliphatic heterocycles. The number of guanidine groups is 1. The molecule has 1 heterocycles. The molecule has 0 aliphatic carbocycles. The highest BCUT2D eigenvalue weighted by molar-refractivity contribution is 5.79. The van der Waals surface area contributed by atoms with Crippen LogP contribution in [0.15, 0.2) is 47.7 Å². The molecule has 2 unspecified atom stereocenters. The van der Waals surface area contributed by atoms with E-state index in [1.807, 2.05) is 23.9 Å². The molecule has 2 rings (SSSR count). The van der Waals surface area contributed by atoms with Gasteiger partial charge in [-0.05, 0) is 31.0 Å². The lowest BCUT2D eigenvalue weighted by molar-refractivity contribution is 0.223. The first-order chi connectivity index (χ1) is 12.1. The second kappa shape index (κ2) is 9.66. The maximum atomic E-state index is 13.2. The molecule has 1 aromatic carbocycles. The Hall–Kier alpha value is -2.57. The van der Waals surface area contributed by atoms with E-state index in [1.54, 1.807) is 25.4 Å². The van der Waals surface area contributed by atoms with Gasteiger partial charge >= 0.3 is 0 Å². The van der Waals surface area contributed by atoms with Crippen molar-refractivity contribution in [3.63, 3.8) is 0 Å². The molecule has 25 heavy (non-hydrogen) atoms. The zero-order valence-electron chi connectivity index (χ0n) is 14.9. The summed E-state index contributed by atoms with van der Waals surface area (Å²) in [4.78, 5) is 4.21. The molecule has 2 N–H and O–H groups in total. The van der Waals surface area contributed by atoms with Crippen LogP contribution in [-0.4, -0.2) is 42.0 Å². The number of benzene rings is 1. The Kier molecular flexibility index (Phi) is 7.25. The van der Waals surface area contributed by atoms with Crippen molar-refractivity contribution in [2.75, 3.05) is 20.1 Å². The third-order valence-corrected chi connectivity index (χ3v) is 3.59. The van der Waals surface area contributed by atoms with E-state index in [9.17, 15) is 4.39 Å². The fourth-order valence-corrected chi connectivity index (χ4v) is 2.34. The summed E-state index contributed by atoms with van der Waals surface area (Å²) >= 11 is 0. The lowest BCUT2D eigenvalue weighted by Crippen LogP contribution is -2.43. The van der Waals surface area contributed by atoms with Gasteiger partial charge in [0.2, 0.25) is 0 Å². The molecule has 0 radical (unpaired) electrons. The van der Waals surface area contributed by atoms with Crippen molar-refractivity contribution in [1.82, 2.24) is 20.4 Å². The molecule has 7 heteroatoms. The van der Waals surface area contributed by atoms with Crippen LogP contribution in [0.4, 0.5) is 4.39 Å². The molecule has 0 saturated heterocycles. The van der Waals surface area contributed by atoms with Gasteiger partial charge in [-0.15, -0.1) is 0 Å². The summed E-state index contributed by atoms with van der Waals surface area (Å²) in [5, 5.41) is 10.7. The quantitative estimate of drug-likeness (QED) is 0.568. The van der Waals surface area contributed by atoms with Crippen molar-refractivity contribution < 1.29 is 9.13 Å². The maximum absolute atomic E-state index is 13.2. The van der Waals surface area contributed by atoms with Gasteiger partial charge in [0.1, 0.15) is 17.7 Å². The summed E-state index contributed by atoms with van der Waals surface area (Å²) in [6.45, 7) is 6.25. The van der Waals surface area contributed by atoms with Crippen LogP contribution in [0.2, 0.25) is 0 Å². The van der Waals surface area contributed by atoms with Crippen LogP contribution in [0.1, 0.15) is 13.8 Å². The third-order valence-electron chi connectivity index (χ3n) is 3.59. The zero-order valence-corrected chi connectivity index (χ0v) is 14.9. The summed E-state index contributed by atoms with van der Waals surface area (Å²) < 4.78 is 20.8. The van der Waals surface area contributed by atoms with Gasteiger partial charge in [0.15, 0.2) is 5.96 Å². The molecule has 2 aromatic rings. The number of nitrogens with one attached hydrogen (secondary N) is 2. The summed E-state index contributed by atoms with van der Waals surface area (Å²) in [5.74, 6) is 1.33. The Balaban J connectivity index is 1.70. The largest absolute Gasteiger partial charge is 0.489 e. The molecule has 0 bridgehead atoms. The first-order valence-electron chi connectivity index (χ1n) is 8.41. The molecule has 0 amide bonds. The van der Waals surface area contributed by atoms with Crippen molar-refractivity contribution >= 4 is 5.96 Å². The van der Waals surface area contributed by atoms with E-state index in [4.69, 9.17) is 4.74 Å². The Bertz CT molecular complexity index is 659. The Morgan fingerprint density at radius 2 is 2.08 bits per heavy atom. The van der Waals surface area contributed by atoms with Gasteiger partial charge in [0.05, 0.1) is 6.54 Å². The van der Waals surface area contributed by atoms with Crippen LogP contribution in [0.25, 0.3) is 0 Å². The first-order valence-corrected chi connectivity index (χ1v) is 8.41. The number of nitrogens with zero attached hydrogens (tertiary/aromatic N) is 3. The molecular weight excluding hydrogens is 321 g/mol. The number of hydrogen-bond donors (Lipinski definition) is 2. The van der Waals surface area contributed by atoms with E-state index in [0.717, 1.165) is 13.1 Å². The topological polar surface area (TPSA) is 63.5 Å². The number of ether oxygens (including phenoxy) is 1. The number of aliphatic imine (C=N–C) groups is 1. The molecule has 0 fully saturated rings. The van der Waals surface area contributed by atoms with Crippen LogP contribution >= 0.6 is 0 Å². The average molecular weight is 347 g/mol. The number of halogens is 1. The standard InChI is InChI=1S/C18H26FN5O/c1-14(13-24-9-5-8-23-24)11-21-18(20-3)22-12-15(2)25-17-7-4-6-16(19)10-17/h4-10,14-15H,11-13H2,1-3H3,(H2,20,21,22). The smallest absolute Gasteiger partial charge is 0.191 e. The summed E-state index contributed by atoms with van der Waals surface area (Å²) in [7, 11) is 1.73. The van der Waals surface area contributed by atoms with Crippen LogP contribution < -0.4 is 15.4 Å². The van der Waals surface area contributed by atoms with Gasteiger partial charge in [-0.25, -0.2) is 4.39 Å². The molecule has 136 valence electrons. The molecular formula is C18H26FN5O. The van der Waals surface area contributed by atoms with E-state index >= 15 is 0 Å². The van der Waals surface area contributed by atoms with Gasteiger partial charge in [-0.3, -0.25) is 9.67 Å². The predicted molar refractivity (Wildman–Crippen MR) is 97.2 cm³/mol. The van der Waals surface area contributed by atoms with Gasteiger partial charge in [0, 0.05) is 38.6 Å². The Labute approximate surface area is 148 Å². The van der Waals surface area contributed by atoms with E-state index in [1.165, 1.54) is 12.1 Å². The second-order valence-corrected chi connectivity index (χ2v) is 6.05. The van der Waals surface area contributed by atoms with Crippen molar-refractivity contribution in [3.05, 3.63) is 48.5 Å². The summed E-state index contributed by atoms with van der Waals surface area (Å²) in [6.07, 6.45) is 3.61. The summed E-state index contributed by atoms with van der Waals surface area (Å²) in [6, 6.07) is 8.06. The number of aromatic nitrogens is 2. The van der Waals surface area contributed by atoms with Gasteiger partial charge < -0.3 is 15.4 Å². The lowest BCUT2D eigenvalue weighted by atomic mass is 10.2.